The zero-order chi connectivity index (χ0) is 11.5. The molecule has 0 unspecified atom stereocenters. The van der Waals surface area contributed by atoms with Crippen molar-refractivity contribution in [3.05, 3.63) is 29.6 Å². The minimum absolute atomic E-state index is 0.167. The highest BCUT2D eigenvalue weighted by atomic mass is 19.1. The fourth-order valence-electron chi connectivity index (χ4n) is 2.00. The Kier molecular flexibility index (Phi) is 3.41. The molecule has 0 aromatic heterocycles. The first kappa shape index (κ1) is 11.4. The summed E-state index contributed by atoms with van der Waals surface area (Å²) in [6.07, 6.45) is 1.44. The van der Waals surface area contributed by atoms with Crippen LogP contribution in [-0.4, -0.2) is 29.2 Å². The van der Waals surface area contributed by atoms with E-state index in [0.717, 1.165) is 38.0 Å². The van der Waals surface area contributed by atoms with Crippen LogP contribution in [0.5, 0.6) is 0 Å². The van der Waals surface area contributed by atoms with Crippen LogP contribution in [0.4, 0.5) is 10.1 Å². The molecule has 1 saturated heterocycles. The lowest BCUT2D eigenvalue weighted by atomic mass is 10.1. The molecule has 0 amide bonds. The van der Waals surface area contributed by atoms with E-state index < -0.39 is 0 Å². The normalized spacial score (nSPS) is 18.9. The van der Waals surface area contributed by atoms with Crippen molar-refractivity contribution in [2.45, 2.75) is 25.5 Å². The maximum absolute atomic E-state index is 13.2. The van der Waals surface area contributed by atoms with Gasteiger partial charge in [-0.1, -0.05) is 6.07 Å². The van der Waals surface area contributed by atoms with Gasteiger partial charge < -0.3 is 10.8 Å². The molecule has 3 N–H and O–H groups in total. The molecule has 1 aliphatic heterocycles. The second-order valence-corrected chi connectivity index (χ2v) is 4.36. The second kappa shape index (κ2) is 4.80. The molecule has 0 aliphatic carbocycles. The topological polar surface area (TPSA) is 49.5 Å². The fourth-order valence-corrected chi connectivity index (χ4v) is 2.00. The summed E-state index contributed by atoms with van der Waals surface area (Å²) in [5.41, 5.74) is 6.54. The van der Waals surface area contributed by atoms with Crippen LogP contribution in [0.15, 0.2) is 18.2 Å². The Bertz CT molecular complexity index is 362. The summed E-state index contributed by atoms with van der Waals surface area (Å²) in [5, 5.41) is 9.37. The van der Waals surface area contributed by atoms with Crippen molar-refractivity contribution < 1.29 is 9.50 Å². The van der Waals surface area contributed by atoms with Crippen LogP contribution < -0.4 is 5.73 Å². The maximum atomic E-state index is 13.2. The first-order valence-corrected chi connectivity index (χ1v) is 5.59. The predicted octanol–water partition coefficient (Wildman–Crippen LogP) is 1.36. The van der Waals surface area contributed by atoms with Gasteiger partial charge in [0.15, 0.2) is 0 Å². The zero-order valence-corrected chi connectivity index (χ0v) is 9.19. The lowest BCUT2D eigenvalue weighted by Crippen LogP contribution is -2.35. The zero-order valence-electron chi connectivity index (χ0n) is 9.19. The first-order chi connectivity index (χ1) is 7.65. The largest absolute Gasteiger partial charge is 0.396 e. The summed E-state index contributed by atoms with van der Waals surface area (Å²) in [6.45, 7) is 2.46. The minimum atomic E-state index is -0.352. The molecule has 1 fully saturated rings. The highest BCUT2D eigenvalue weighted by molar-refractivity contribution is 5.41. The lowest BCUT2D eigenvalue weighted by Gasteiger charge is -2.29. The number of aliphatic hydroxyl groups excluding tert-OH is 1. The van der Waals surface area contributed by atoms with Crippen LogP contribution in [0, 0.1) is 5.82 Å². The molecular weight excluding hydrogens is 207 g/mol. The molecule has 88 valence electrons. The predicted molar refractivity (Wildman–Crippen MR) is 61.3 cm³/mol. The number of rotatable bonds is 2. The van der Waals surface area contributed by atoms with Crippen LogP contribution >= 0.6 is 0 Å². The molecule has 3 nitrogen and oxygen atoms in total. The van der Waals surface area contributed by atoms with Crippen molar-refractivity contribution in [3.8, 4) is 0 Å². The molecule has 1 aliphatic rings. The Labute approximate surface area is 94.7 Å². The monoisotopic (exact) mass is 224 g/mol. The fraction of sp³-hybridized carbons (Fsp3) is 0.500. The molecule has 1 heterocycles. The summed E-state index contributed by atoms with van der Waals surface area (Å²) in [5.74, 6) is -0.352. The molecule has 0 spiro atoms. The molecule has 16 heavy (non-hydrogen) atoms. The highest BCUT2D eigenvalue weighted by Gasteiger charge is 2.17. The van der Waals surface area contributed by atoms with Gasteiger partial charge in [-0.3, -0.25) is 4.90 Å². The number of anilines is 1. The average molecular weight is 224 g/mol. The van der Waals surface area contributed by atoms with Crippen LogP contribution in [-0.2, 0) is 6.54 Å². The molecule has 0 atom stereocenters. The summed E-state index contributed by atoms with van der Waals surface area (Å²) in [4.78, 5) is 2.22. The van der Waals surface area contributed by atoms with E-state index in [1.165, 1.54) is 6.07 Å². The molecule has 1 aromatic carbocycles. The third kappa shape index (κ3) is 2.71. The number of halogens is 1. The molecule has 0 saturated carbocycles. The summed E-state index contributed by atoms with van der Waals surface area (Å²) in [7, 11) is 0. The standard InChI is InChI=1S/C12H17FN2O/c13-11-7-9(1-2-12(11)14)8-15-5-3-10(16)4-6-15/h1-2,7,10,16H,3-6,8,14H2. The van der Waals surface area contributed by atoms with Gasteiger partial charge in [-0.2, -0.15) is 0 Å². The van der Waals surface area contributed by atoms with Gasteiger partial charge in [0.25, 0.3) is 0 Å². The molecule has 0 bridgehead atoms. The van der Waals surface area contributed by atoms with Gasteiger partial charge in [-0.05, 0) is 30.5 Å². The number of aliphatic hydroxyl groups is 1. The second-order valence-electron chi connectivity index (χ2n) is 4.36. The van der Waals surface area contributed by atoms with Crippen LogP contribution in [0.1, 0.15) is 18.4 Å². The molecular formula is C12H17FN2O. The third-order valence-corrected chi connectivity index (χ3v) is 3.03. The molecule has 2 rings (SSSR count). The SMILES string of the molecule is Nc1ccc(CN2CCC(O)CC2)cc1F. The van der Waals surface area contributed by atoms with Crippen molar-refractivity contribution in [2.24, 2.45) is 0 Å². The number of hydrogen-bond donors (Lipinski definition) is 2. The van der Waals surface area contributed by atoms with E-state index in [1.807, 2.05) is 6.07 Å². The average Bonchev–Trinajstić information content (AvgIpc) is 2.27. The smallest absolute Gasteiger partial charge is 0.146 e. The van der Waals surface area contributed by atoms with Crippen molar-refractivity contribution in [1.82, 2.24) is 4.90 Å². The molecule has 0 radical (unpaired) electrons. The van der Waals surface area contributed by atoms with E-state index in [4.69, 9.17) is 5.73 Å². The van der Waals surface area contributed by atoms with E-state index in [2.05, 4.69) is 4.90 Å². The Hall–Kier alpha value is -1.13. The Morgan fingerprint density at radius 3 is 2.69 bits per heavy atom. The maximum Gasteiger partial charge on any atom is 0.146 e. The number of benzene rings is 1. The van der Waals surface area contributed by atoms with E-state index in [-0.39, 0.29) is 17.6 Å². The van der Waals surface area contributed by atoms with Crippen LogP contribution in [0.2, 0.25) is 0 Å². The van der Waals surface area contributed by atoms with Gasteiger partial charge in [0.05, 0.1) is 11.8 Å². The van der Waals surface area contributed by atoms with Crippen LogP contribution in [0.3, 0.4) is 0 Å². The van der Waals surface area contributed by atoms with E-state index in [1.54, 1.807) is 6.07 Å². The quantitative estimate of drug-likeness (QED) is 0.746. The number of piperidine rings is 1. The first-order valence-electron chi connectivity index (χ1n) is 5.59. The van der Waals surface area contributed by atoms with Gasteiger partial charge in [0, 0.05) is 19.6 Å². The van der Waals surface area contributed by atoms with Crippen molar-refractivity contribution in [3.63, 3.8) is 0 Å². The third-order valence-electron chi connectivity index (χ3n) is 3.03. The van der Waals surface area contributed by atoms with Crippen molar-refractivity contribution in [1.29, 1.82) is 0 Å². The Balaban J connectivity index is 1.96. The van der Waals surface area contributed by atoms with Gasteiger partial charge in [-0.15, -0.1) is 0 Å². The molecule has 1 aromatic rings. The number of nitrogens with two attached hydrogens (primary N) is 1. The van der Waals surface area contributed by atoms with E-state index >= 15 is 0 Å². The van der Waals surface area contributed by atoms with E-state index in [9.17, 15) is 9.50 Å². The van der Waals surface area contributed by atoms with E-state index in [0.29, 0.717) is 0 Å². The number of hydrogen-bond acceptors (Lipinski definition) is 3. The summed E-state index contributed by atoms with van der Waals surface area (Å²) >= 11 is 0. The van der Waals surface area contributed by atoms with Crippen molar-refractivity contribution in [2.75, 3.05) is 18.8 Å². The van der Waals surface area contributed by atoms with Gasteiger partial charge in [-0.25, -0.2) is 4.39 Å². The van der Waals surface area contributed by atoms with Crippen molar-refractivity contribution >= 4 is 5.69 Å². The number of nitrogen functional groups attached to an aromatic ring is 1. The molecule has 4 heteroatoms. The van der Waals surface area contributed by atoms with Gasteiger partial charge >= 0.3 is 0 Å². The van der Waals surface area contributed by atoms with Gasteiger partial charge in [0.1, 0.15) is 5.82 Å². The lowest BCUT2D eigenvalue weighted by molar-refractivity contribution is 0.0792. The highest BCUT2D eigenvalue weighted by Crippen LogP contribution is 2.16. The summed E-state index contributed by atoms with van der Waals surface area (Å²) < 4.78 is 13.2. The number of likely N-dealkylation sites (tertiary alicyclic amines) is 1. The Morgan fingerprint density at radius 1 is 1.38 bits per heavy atom. The summed E-state index contributed by atoms with van der Waals surface area (Å²) in [6, 6.07) is 4.94. The minimum Gasteiger partial charge on any atom is -0.396 e. The Morgan fingerprint density at radius 2 is 2.06 bits per heavy atom. The number of nitrogens with zero attached hydrogens (tertiary/aromatic N) is 1. The van der Waals surface area contributed by atoms with Gasteiger partial charge in [0.2, 0.25) is 0 Å². The van der Waals surface area contributed by atoms with Crippen LogP contribution in [0.25, 0.3) is 0 Å².